The molecule has 0 bridgehead atoms. The quantitative estimate of drug-likeness (QED) is 0.331. The van der Waals surface area contributed by atoms with Crippen molar-refractivity contribution in [2.45, 2.75) is 44.4 Å². The molecule has 4 heterocycles. The Kier molecular flexibility index (Phi) is 6.32. The molecule has 0 N–H and O–H groups in total. The maximum Gasteiger partial charge on any atom is 0.264 e. The number of halogens is 1. The van der Waals surface area contributed by atoms with Gasteiger partial charge in [-0.2, -0.15) is 0 Å². The van der Waals surface area contributed by atoms with Crippen LogP contribution in [0.4, 0.5) is 4.39 Å². The summed E-state index contributed by atoms with van der Waals surface area (Å²) in [7, 11) is 0. The van der Waals surface area contributed by atoms with E-state index in [1.54, 1.807) is 42.1 Å². The Bertz CT molecular complexity index is 1400. The number of pyridine rings is 1. The highest BCUT2D eigenvalue weighted by Crippen LogP contribution is 2.37. The average molecular weight is 499 g/mol. The minimum atomic E-state index is -0.301. The lowest BCUT2D eigenvalue weighted by molar-refractivity contribution is 0.0709. The van der Waals surface area contributed by atoms with E-state index in [1.807, 2.05) is 23.1 Å². The SMILES string of the molecule is O=C(c1scc2c1CCCC2)N1CCCC(c2nc(-c3cccnc3)ncc2-c2ccccc2F)C1. The third kappa shape index (κ3) is 4.32. The first kappa shape index (κ1) is 23.0. The molecule has 1 saturated heterocycles. The molecular formula is C29H27FN4OS. The van der Waals surface area contributed by atoms with Crippen LogP contribution < -0.4 is 0 Å². The number of benzene rings is 1. The van der Waals surface area contributed by atoms with Gasteiger partial charge in [0.1, 0.15) is 5.82 Å². The molecule has 1 aromatic carbocycles. The van der Waals surface area contributed by atoms with Gasteiger partial charge >= 0.3 is 0 Å². The Hall–Kier alpha value is -3.45. The van der Waals surface area contributed by atoms with E-state index in [2.05, 4.69) is 15.3 Å². The summed E-state index contributed by atoms with van der Waals surface area (Å²) >= 11 is 1.59. The van der Waals surface area contributed by atoms with Crippen molar-refractivity contribution in [3.8, 4) is 22.5 Å². The van der Waals surface area contributed by atoms with Crippen LogP contribution in [0.3, 0.4) is 0 Å². The molecule has 0 saturated carbocycles. The molecule has 2 aliphatic rings. The topological polar surface area (TPSA) is 59.0 Å². The number of carbonyl (C=O) groups excluding carboxylic acids is 1. The minimum Gasteiger partial charge on any atom is -0.337 e. The molecule has 0 spiro atoms. The highest BCUT2D eigenvalue weighted by molar-refractivity contribution is 7.12. The Morgan fingerprint density at radius 2 is 1.92 bits per heavy atom. The van der Waals surface area contributed by atoms with Crippen molar-refractivity contribution in [3.63, 3.8) is 0 Å². The van der Waals surface area contributed by atoms with Crippen LogP contribution in [0, 0.1) is 5.82 Å². The van der Waals surface area contributed by atoms with Crippen LogP contribution in [0.15, 0.2) is 60.4 Å². The number of nitrogens with zero attached hydrogens (tertiary/aromatic N) is 4. The number of likely N-dealkylation sites (tertiary alicyclic amines) is 1. The van der Waals surface area contributed by atoms with Gasteiger partial charge < -0.3 is 4.90 Å². The van der Waals surface area contributed by atoms with E-state index in [0.717, 1.165) is 54.8 Å². The fourth-order valence-corrected chi connectivity index (χ4v) is 6.58. The molecule has 0 radical (unpaired) electrons. The second-order valence-electron chi connectivity index (χ2n) is 9.58. The van der Waals surface area contributed by atoms with Gasteiger partial charge in [-0.3, -0.25) is 9.78 Å². The zero-order valence-electron chi connectivity index (χ0n) is 20.0. The number of amides is 1. The highest BCUT2D eigenvalue weighted by Gasteiger charge is 2.31. The Morgan fingerprint density at radius 3 is 2.78 bits per heavy atom. The van der Waals surface area contributed by atoms with Crippen molar-refractivity contribution < 1.29 is 9.18 Å². The van der Waals surface area contributed by atoms with Gasteiger partial charge in [0.15, 0.2) is 5.82 Å². The monoisotopic (exact) mass is 498 g/mol. The number of carbonyl (C=O) groups is 1. The van der Waals surface area contributed by atoms with Crippen molar-refractivity contribution in [1.29, 1.82) is 0 Å². The van der Waals surface area contributed by atoms with Gasteiger partial charge in [-0.1, -0.05) is 18.2 Å². The van der Waals surface area contributed by atoms with E-state index in [9.17, 15) is 9.18 Å². The third-order valence-corrected chi connectivity index (χ3v) is 8.35. The lowest BCUT2D eigenvalue weighted by atomic mass is 9.89. The number of aromatic nitrogens is 3. The summed E-state index contributed by atoms with van der Waals surface area (Å²) in [6, 6.07) is 10.5. The molecule has 7 heteroatoms. The van der Waals surface area contributed by atoms with E-state index in [0.29, 0.717) is 23.5 Å². The minimum absolute atomic E-state index is 0.00786. The second kappa shape index (κ2) is 9.90. The molecule has 6 rings (SSSR count). The van der Waals surface area contributed by atoms with E-state index >= 15 is 0 Å². The van der Waals surface area contributed by atoms with Gasteiger partial charge in [0.25, 0.3) is 5.91 Å². The lowest BCUT2D eigenvalue weighted by Gasteiger charge is -2.33. The zero-order valence-corrected chi connectivity index (χ0v) is 20.8. The van der Waals surface area contributed by atoms with Gasteiger partial charge in [0, 0.05) is 54.3 Å². The molecule has 1 amide bonds. The van der Waals surface area contributed by atoms with Crippen molar-refractivity contribution in [2.24, 2.45) is 0 Å². The summed E-state index contributed by atoms with van der Waals surface area (Å²) in [5.74, 6) is 0.382. The number of aryl methyl sites for hydroxylation is 1. The number of hydrogen-bond donors (Lipinski definition) is 0. The van der Waals surface area contributed by atoms with E-state index in [-0.39, 0.29) is 17.6 Å². The average Bonchev–Trinajstić information content (AvgIpc) is 3.37. The fraction of sp³-hybridized carbons (Fsp3) is 0.310. The van der Waals surface area contributed by atoms with Gasteiger partial charge in [-0.25, -0.2) is 14.4 Å². The Balaban J connectivity index is 1.36. The third-order valence-electron chi connectivity index (χ3n) is 7.30. The van der Waals surface area contributed by atoms with Crippen LogP contribution >= 0.6 is 11.3 Å². The number of thiophene rings is 1. The summed E-state index contributed by atoms with van der Waals surface area (Å²) in [5, 5.41) is 2.17. The van der Waals surface area contributed by atoms with Gasteiger partial charge in [0.2, 0.25) is 0 Å². The van der Waals surface area contributed by atoms with Crippen molar-refractivity contribution >= 4 is 17.2 Å². The van der Waals surface area contributed by atoms with Crippen LogP contribution in [0.2, 0.25) is 0 Å². The van der Waals surface area contributed by atoms with E-state index in [4.69, 9.17) is 4.98 Å². The number of fused-ring (bicyclic) bond motifs is 1. The van der Waals surface area contributed by atoms with Gasteiger partial charge in [-0.15, -0.1) is 11.3 Å². The first-order chi connectivity index (χ1) is 17.7. The summed E-state index contributed by atoms with van der Waals surface area (Å²) in [5.41, 5.74) is 5.38. The van der Waals surface area contributed by atoms with Crippen molar-refractivity contribution in [2.75, 3.05) is 13.1 Å². The molecule has 4 aromatic rings. The normalized spacial score (nSPS) is 17.6. The molecule has 5 nitrogen and oxygen atoms in total. The predicted octanol–water partition coefficient (Wildman–Crippen LogP) is 6.30. The summed E-state index contributed by atoms with van der Waals surface area (Å²) in [6.07, 6.45) is 11.4. The molecule has 1 unspecified atom stereocenters. The first-order valence-corrected chi connectivity index (χ1v) is 13.5. The van der Waals surface area contributed by atoms with Crippen molar-refractivity contribution in [3.05, 3.63) is 87.9 Å². The molecule has 182 valence electrons. The smallest absolute Gasteiger partial charge is 0.264 e. The summed E-state index contributed by atoms with van der Waals surface area (Å²) in [4.78, 5) is 30.3. The molecule has 1 aliphatic carbocycles. The summed E-state index contributed by atoms with van der Waals surface area (Å²) in [6.45, 7) is 1.30. The largest absolute Gasteiger partial charge is 0.337 e. The standard InChI is InChI=1S/C29H27FN4OS/c30-25-12-4-3-11-23(25)24-16-32-28(19-8-5-13-31-15-19)33-26(24)20-9-6-14-34(17-20)29(35)27-22-10-2-1-7-21(22)18-36-27/h3-5,8,11-13,15-16,18,20H,1-2,6-7,9-10,14,17H2. The van der Waals surface area contributed by atoms with Crippen molar-refractivity contribution in [1.82, 2.24) is 19.9 Å². The fourth-order valence-electron chi connectivity index (χ4n) is 5.45. The number of rotatable bonds is 4. The lowest BCUT2D eigenvalue weighted by Crippen LogP contribution is -2.39. The van der Waals surface area contributed by atoms with E-state index < -0.39 is 0 Å². The first-order valence-electron chi connectivity index (χ1n) is 12.6. The summed E-state index contributed by atoms with van der Waals surface area (Å²) < 4.78 is 14.9. The maximum absolute atomic E-state index is 14.9. The van der Waals surface area contributed by atoms with Gasteiger partial charge in [-0.05, 0) is 73.2 Å². The van der Waals surface area contributed by atoms with Crippen LogP contribution in [0.5, 0.6) is 0 Å². The predicted molar refractivity (Wildman–Crippen MR) is 139 cm³/mol. The Morgan fingerprint density at radius 1 is 1.03 bits per heavy atom. The molecule has 3 aromatic heterocycles. The molecular weight excluding hydrogens is 471 g/mol. The second-order valence-corrected chi connectivity index (χ2v) is 10.5. The van der Waals surface area contributed by atoms with Crippen LogP contribution in [0.25, 0.3) is 22.5 Å². The van der Waals surface area contributed by atoms with Crippen LogP contribution in [-0.4, -0.2) is 38.8 Å². The van der Waals surface area contributed by atoms with Gasteiger partial charge in [0.05, 0.1) is 10.6 Å². The molecule has 1 atom stereocenters. The molecule has 1 fully saturated rings. The molecule has 1 aliphatic heterocycles. The van der Waals surface area contributed by atoms with E-state index in [1.165, 1.54) is 23.6 Å². The Labute approximate surface area is 214 Å². The molecule has 36 heavy (non-hydrogen) atoms. The number of piperidine rings is 1. The van der Waals surface area contributed by atoms with Crippen LogP contribution in [0.1, 0.15) is 58.1 Å². The van der Waals surface area contributed by atoms with Crippen LogP contribution in [-0.2, 0) is 12.8 Å². The maximum atomic E-state index is 14.9. The highest BCUT2D eigenvalue weighted by atomic mass is 32.1. The zero-order chi connectivity index (χ0) is 24.5. The number of hydrogen-bond acceptors (Lipinski definition) is 5.